The summed E-state index contributed by atoms with van der Waals surface area (Å²) in [5.41, 5.74) is -0.856. The predicted octanol–water partition coefficient (Wildman–Crippen LogP) is 1.18. The fourth-order valence-electron chi connectivity index (χ4n) is 6.95. The molecule has 0 aliphatic carbocycles. The Hall–Kier alpha value is -4.66. The number of carbonyl (C=O) groups excluding carboxylic acids is 9. The Morgan fingerprint density at radius 3 is 1.87 bits per heavy atom. The second-order valence-corrected chi connectivity index (χ2v) is 20.6. The van der Waals surface area contributed by atoms with Crippen LogP contribution in [0, 0.1) is 11.8 Å². The van der Waals surface area contributed by atoms with Crippen molar-refractivity contribution in [1.29, 1.82) is 0 Å². The first kappa shape index (κ1) is 54.5. The number of rotatable bonds is 24. The second-order valence-electron chi connectivity index (χ2n) is 17.3. The van der Waals surface area contributed by atoms with Crippen LogP contribution < -0.4 is 31.9 Å². The molecule has 0 radical (unpaired) electrons. The molecule has 2 saturated heterocycles. The molecule has 0 bridgehead atoms. The maximum Gasteiger partial charge on any atom is 0.306 e. The van der Waals surface area contributed by atoms with Crippen LogP contribution in [0.3, 0.4) is 0 Å². The van der Waals surface area contributed by atoms with Crippen LogP contribution in [0.1, 0.15) is 107 Å². The van der Waals surface area contributed by atoms with E-state index in [1.165, 1.54) is 11.0 Å². The van der Waals surface area contributed by atoms with Crippen LogP contribution in [0.5, 0.6) is 0 Å². The first-order valence-corrected chi connectivity index (χ1v) is 23.3. The number of esters is 1. The van der Waals surface area contributed by atoms with Gasteiger partial charge in [-0.25, -0.2) is 0 Å². The summed E-state index contributed by atoms with van der Waals surface area (Å²) in [4.78, 5) is 133. The van der Waals surface area contributed by atoms with Crippen LogP contribution in [0.15, 0.2) is 12.7 Å². The largest absolute Gasteiger partial charge is 0.481 e. The summed E-state index contributed by atoms with van der Waals surface area (Å²) in [6.07, 6.45) is 0.929. The van der Waals surface area contributed by atoms with Crippen LogP contribution >= 0.6 is 23.5 Å². The fourth-order valence-corrected chi connectivity index (χ4v) is 10.2. The third kappa shape index (κ3) is 17.4. The maximum atomic E-state index is 14.6. The van der Waals surface area contributed by atoms with Crippen molar-refractivity contribution in [1.82, 2.24) is 36.8 Å². The summed E-state index contributed by atoms with van der Waals surface area (Å²) in [6, 6.07) is -7.45. The van der Waals surface area contributed by atoms with E-state index in [1.807, 2.05) is 0 Å². The molecule has 19 nitrogen and oxygen atoms in total. The van der Waals surface area contributed by atoms with Crippen LogP contribution in [0.4, 0.5) is 0 Å². The highest BCUT2D eigenvalue weighted by molar-refractivity contribution is 8.21. The van der Waals surface area contributed by atoms with Gasteiger partial charge in [-0.15, -0.1) is 30.1 Å². The minimum Gasteiger partial charge on any atom is -0.481 e. The number of Topliss-reactive ketones (excluding diaryl/α,β-unsaturated/α-hetero) is 1. The van der Waals surface area contributed by atoms with E-state index >= 15 is 0 Å². The molecular formula is C42H67N7O12S2. The SMILES string of the molecule is C=CCNC(=O)C(=O)C(CCC)NC(=O)[C@@H]1CC2(CN1C(=O)C(NC(=O)C(NC(=O)C(CCC(=O)OC(C)(C)C)NC(=O)C(CCC(=O)O)NC(C)=O)C(C)C)C(C)C)SCCS2. The van der Waals surface area contributed by atoms with E-state index in [9.17, 15) is 53.1 Å². The van der Waals surface area contributed by atoms with Gasteiger partial charge in [-0.3, -0.25) is 47.9 Å². The Bertz CT molecular complexity index is 1710. The number of hydrogen-bond acceptors (Lipinski definition) is 13. The lowest BCUT2D eigenvalue weighted by Gasteiger charge is -2.33. The third-order valence-corrected chi connectivity index (χ3v) is 13.5. The van der Waals surface area contributed by atoms with Crippen molar-refractivity contribution in [2.24, 2.45) is 11.8 Å². The van der Waals surface area contributed by atoms with Crippen molar-refractivity contribution in [3.63, 3.8) is 0 Å². The first-order valence-electron chi connectivity index (χ1n) is 21.3. The quantitative estimate of drug-likeness (QED) is 0.0407. The van der Waals surface area contributed by atoms with E-state index in [0.717, 1.165) is 18.4 Å². The van der Waals surface area contributed by atoms with Gasteiger partial charge in [0.1, 0.15) is 35.8 Å². The van der Waals surface area contributed by atoms with E-state index < -0.39 is 123 Å². The van der Waals surface area contributed by atoms with Gasteiger partial charge in [0.2, 0.25) is 41.2 Å². The highest BCUT2D eigenvalue weighted by Gasteiger charge is 2.53. The average Bonchev–Trinajstić information content (AvgIpc) is 3.82. The highest BCUT2D eigenvalue weighted by atomic mass is 32.2. The lowest BCUT2D eigenvalue weighted by atomic mass is 9.98. The smallest absolute Gasteiger partial charge is 0.306 e. The number of likely N-dealkylation sites (tertiary alicyclic amines) is 1. The molecule has 2 aliphatic rings. The number of nitrogens with zero attached hydrogens (tertiary/aromatic N) is 1. The molecule has 21 heteroatoms. The van der Waals surface area contributed by atoms with Gasteiger partial charge in [-0.05, 0) is 51.9 Å². The van der Waals surface area contributed by atoms with Crippen molar-refractivity contribution in [3.05, 3.63) is 12.7 Å². The predicted molar refractivity (Wildman–Crippen MR) is 238 cm³/mol. The Kier molecular flexibility index (Phi) is 21.6. The van der Waals surface area contributed by atoms with Gasteiger partial charge in [-0.1, -0.05) is 47.1 Å². The molecule has 2 heterocycles. The summed E-state index contributed by atoms with van der Waals surface area (Å²) in [5, 5.41) is 24.7. The molecule has 0 aromatic heterocycles. The zero-order valence-electron chi connectivity index (χ0n) is 37.9. The monoisotopic (exact) mass is 925 g/mol. The number of amides is 7. The number of aliphatic carboxylic acids is 1. The molecule has 0 saturated carbocycles. The Morgan fingerprint density at radius 1 is 0.794 bits per heavy atom. The minimum absolute atomic E-state index is 0.0602. The summed E-state index contributed by atoms with van der Waals surface area (Å²) in [7, 11) is 0. The molecule has 63 heavy (non-hydrogen) atoms. The molecule has 6 atom stereocenters. The molecule has 2 fully saturated rings. The molecule has 0 aromatic carbocycles. The normalized spacial score (nSPS) is 18.0. The molecule has 1 spiro atoms. The fraction of sp³-hybridized carbons (Fsp3) is 0.714. The van der Waals surface area contributed by atoms with Crippen molar-refractivity contribution in [3.8, 4) is 0 Å². The second kappa shape index (κ2) is 25.0. The van der Waals surface area contributed by atoms with Gasteiger partial charge in [0.05, 0.1) is 10.1 Å². The third-order valence-electron chi connectivity index (χ3n) is 10.0. The maximum absolute atomic E-state index is 14.6. The van der Waals surface area contributed by atoms with E-state index in [4.69, 9.17) is 4.74 Å². The molecule has 2 rings (SSSR count). The van der Waals surface area contributed by atoms with E-state index in [1.54, 1.807) is 78.9 Å². The number of carboxylic acid groups (broad SMARTS) is 1. The van der Waals surface area contributed by atoms with Crippen LogP contribution in [-0.2, 0) is 52.7 Å². The topological polar surface area (TPSA) is 276 Å². The molecule has 7 N–H and O–H groups in total. The summed E-state index contributed by atoms with van der Waals surface area (Å²) >= 11 is 3.25. The number of ketones is 1. The number of carboxylic acids is 1. The number of thioether (sulfide) groups is 2. The molecule has 354 valence electrons. The van der Waals surface area contributed by atoms with E-state index in [0.29, 0.717) is 6.42 Å². The Labute approximate surface area is 378 Å². The lowest BCUT2D eigenvalue weighted by Crippen LogP contribution is -2.61. The van der Waals surface area contributed by atoms with Gasteiger partial charge < -0.3 is 46.6 Å². The number of nitrogens with one attached hydrogen (secondary N) is 6. The van der Waals surface area contributed by atoms with Gasteiger partial charge in [0.25, 0.3) is 5.91 Å². The summed E-state index contributed by atoms with van der Waals surface area (Å²) < 4.78 is 4.85. The van der Waals surface area contributed by atoms with E-state index in [-0.39, 0.29) is 45.2 Å². The van der Waals surface area contributed by atoms with Gasteiger partial charge in [0, 0.05) is 50.8 Å². The highest BCUT2D eigenvalue weighted by Crippen LogP contribution is 2.52. The standard InChI is InChI=1S/C42H67N7O12S2/c1-11-13-26(34(54)39(59)43-18-12-2)45-37(57)29-21-42(62-19-20-63-42)22-49(29)40(60)33(24(5)6)48-38(58)32(23(3)4)47-36(56)28(15-17-31(53)61-41(8,9)10)46-35(55)27(44-25(7)50)14-16-30(51)52/h12,23-24,26-29,32-33H,2,11,13-22H2,1,3-10H3,(H,43,59)(H,44,50)(H,45,57)(H,46,55)(H,47,56)(H,48,58)(H,51,52)/t26?,27?,28?,29-,32?,33?/m0/s1. The molecule has 7 amide bonds. The molecule has 2 aliphatic heterocycles. The van der Waals surface area contributed by atoms with Gasteiger partial charge in [0.15, 0.2) is 0 Å². The Balaban J connectivity index is 2.41. The number of carbonyl (C=O) groups is 10. The van der Waals surface area contributed by atoms with Crippen LogP contribution in [0.25, 0.3) is 0 Å². The molecular weight excluding hydrogens is 859 g/mol. The lowest BCUT2D eigenvalue weighted by molar-refractivity contribution is -0.155. The zero-order chi connectivity index (χ0) is 47.8. The molecule has 5 unspecified atom stereocenters. The van der Waals surface area contributed by atoms with Crippen LogP contribution in [0.2, 0.25) is 0 Å². The van der Waals surface area contributed by atoms with Crippen molar-refractivity contribution < 1.29 is 57.8 Å². The van der Waals surface area contributed by atoms with Crippen molar-refractivity contribution >= 4 is 82.6 Å². The summed E-state index contributed by atoms with van der Waals surface area (Å²) in [5.74, 6) is -7.45. The first-order chi connectivity index (χ1) is 29.3. The number of hydrogen-bond donors (Lipinski definition) is 7. The molecule has 0 aromatic rings. The zero-order valence-corrected chi connectivity index (χ0v) is 39.5. The Morgan fingerprint density at radius 2 is 1.35 bits per heavy atom. The summed E-state index contributed by atoms with van der Waals surface area (Å²) in [6.45, 7) is 18.4. The van der Waals surface area contributed by atoms with Gasteiger partial charge >= 0.3 is 11.9 Å². The van der Waals surface area contributed by atoms with Gasteiger partial charge in [-0.2, -0.15) is 0 Å². The van der Waals surface area contributed by atoms with E-state index in [2.05, 4.69) is 38.5 Å². The average molecular weight is 926 g/mol. The van der Waals surface area contributed by atoms with Crippen molar-refractivity contribution in [2.45, 2.75) is 153 Å². The van der Waals surface area contributed by atoms with Crippen LogP contribution in [-0.4, -0.2) is 140 Å². The number of ether oxygens (including phenoxy) is 1. The van der Waals surface area contributed by atoms with Crippen molar-refractivity contribution in [2.75, 3.05) is 24.6 Å². The minimum atomic E-state index is -1.46.